The molecule has 0 atom stereocenters. The van der Waals surface area contributed by atoms with Crippen LogP contribution in [0.4, 0.5) is 5.88 Å². The molecule has 1 aliphatic heterocycles. The topological polar surface area (TPSA) is 62.9 Å². The number of piperidine rings is 1. The lowest BCUT2D eigenvalue weighted by Crippen LogP contribution is -2.36. The highest BCUT2D eigenvalue weighted by molar-refractivity contribution is 5.84. The SMILES string of the molecule is CCOC1CCN(c2ccc(C(=O)O)o2)CC1. The molecule has 1 fully saturated rings. The van der Waals surface area contributed by atoms with Gasteiger partial charge in [-0.2, -0.15) is 0 Å². The van der Waals surface area contributed by atoms with E-state index in [1.54, 1.807) is 6.07 Å². The first-order valence-corrected chi connectivity index (χ1v) is 5.90. The zero-order valence-electron chi connectivity index (χ0n) is 9.89. The Morgan fingerprint density at radius 3 is 2.76 bits per heavy atom. The van der Waals surface area contributed by atoms with Gasteiger partial charge in [0.05, 0.1) is 6.10 Å². The molecule has 94 valence electrons. The molecular weight excluding hydrogens is 222 g/mol. The number of carboxylic acid groups (broad SMARTS) is 1. The minimum atomic E-state index is -1.03. The molecule has 5 heteroatoms. The van der Waals surface area contributed by atoms with E-state index in [-0.39, 0.29) is 5.76 Å². The second kappa shape index (κ2) is 5.23. The molecule has 2 heterocycles. The number of hydrogen-bond donors (Lipinski definition) is 1. The fourth-order valence-corrected chi connectivity index (χ4v) is 2.09. The monoisotopic (exact) mass is 239 g/mol. The maximum absolute atomic E-state index is 10.7. The van der Waals surface area contributed by atoms with Gasteiger partial charge in [0.1, 0.15) is 0 Å². The van der Waals surface area contributed by atoms with E-state index < -0.39 is 5.97 Å². The molecule has 0 amide bonds. The quantitative estimate of drug-likeness (QED) is 0.870. The normalized spacial score (nSPS) is 17.4. The van der Waals surface area contributed by atoms with Crippen LogP contribution >= 0.6 is 0 Å². The van der Waals surface area contributed by atoms with Gasteiger partial charge in [-0.25, -0.2) is 4.79 Å². The minimum Gasteiger partial charge on any atom is -0.475 e. The minimum absolute atomic E-state index is 0.00747. The number of furan rings is 1. The highest BCUT2D eigenvalue weighted by Crippen LogP contribution is 2.23. The number of carbonyl (C=O) groups is 1. The van der Waals surface area contributed by atoms with Crippen molar-refractivity contribution in [2.75, 3.05) is 24.6 Å². The van der Waals surface area contributed by atoms with Crippen LogP contribution in [0.1, 0.15) is 30.3 Å². The van der Waals surface area contributed by atoms with Gasteiger partial charge < -0.3 is 19.2 Å². The van der Waals surface area contributed by atoms with Gasteiger partial charge in [0.15, 0.2) is 5.88 Å². The van der Waals surface area contributed by atoms with E-state index in [4.69, 9.17) is 14.3 Å². The van der Waals surface area contributed by atoms with Gasteiger partial charge in [-0.15, -0.1) is 0 Å². The zero-order valence-corrected chi connectivity index (χ0v) is 9.89. The summed E-state index contributed by atoms with van der Waals surface area (Å²) in [5.41, 5.74) is 0. The van der Waals surface area contributed by atoms with E-state index in [9.17, 15) is 4.79 Å². The first kappa shape index (κ1) is 12.0. The summed E-state index contributed by atoms with van der Waals surface area (Å²) in [5, 5.41) is 8.78. The lowest BCUT2D eigenvalue weighted by Gasteiger charge is -2.31. The van der Waals surface area contributed by atoms with Crippen LogP contribution in [-0.4, -0.2) is 36.9 Å². The number of hydrogen-bond acceptors (Lipinski definition) is 4. The van der Waals surface area contributed by atoms with Gasteiger partial charge in [0, 0.05) is 25.8 Å². The molecule has 1 aromatic rings. The van der Waals surface area contributed by atoms with Gasteiger partial charge in [-0.1, -0.05) is 0 Å². The zero-order chi connectivity index (χ0) is 12.3. The van der Waals surface area contributed by atoms with Crippen molar-refractivity contribution >= 4 is 11.9 Å². The van der Waals surface area contributed by atoms with Crippen molar-refractivity contribution in [3.8, 4) is 0 Å². The van der Waals surface area contributed by atoms with Crippen molar-refractivity contribution in [3.05, 3.63) is 17.9 Å². The Balaban J connectivity index is 1.93. The molecule has 5 nitrogen and oxygen atoms in total. The van der Waals surface area contributed by atoms with Crippen LogP contribution in [0, 0.1) is 0 Å². The average molecular weight is 239 g/mol. The number of nitrogens with zero attached hydrogens (tertiary/aromatic N) is 1. The molecule has 2 rings (SSSR count). The summed E-state index contributed by atoms with van der Waals surface area (Å²) >= 11 is 0. The Hall–Kier alpha value is -1.49. The second-order valence-electron chi connectivity index (χ2n) is 4.08. The first-order valence-electron chi connectivity index (χ1n) is 5.90. The van der Waals surface area contributed by atoms with Crippen LogP contribution in [0.15, 0.2) is 16.5 Å². The van der Waals surface area contributed by atoms with Crippen molar-refractivity contribution in [3.63, 3.8) is 0 Å². The molecule has 1 saturated heterocycles. The van der Waals surface area contributed by atoms with Gasteiger partial charge in [0.25, 0.3) is 0 Å². The van der Waals surface area contributed by atoms with E-state index in [1.807, 2.05) is 6.92 Å². The molecule has 0 aliphatic carbocycles. The van der Waals surface area contributed by atoms with Crippen LogP contribution in [0.25, 0.3) is 0 Å². The third-order valence-corrected chi connectivity index (χ3v) is 2.96. The first-order chi connectivity index (χ1) is 8.20. The largest absolute Gasteiger partial charge is 0.475 e. The Labute approximate surface area is 100.0 Å². The molecule has 17 heavy (non-hydrogen) atoms. The smallest absolute Gasteiger partial charge is 0.371 e. The summed E-state index contributed by atoms with van der Waals surface area (Å²) in [5.74, 6) is -0.398. The van der Waals surface area contributed by atoms with E-state index in [2.05, 4.69) is 4.90 Å². The Morgan fingerprint density at radius 1 is 1.53 bits per heavy atom. The van der Waals surface area contributed by atoms with E-state index in [0.717, 1.165) is 32.5 Å². The van der Waals surface area contributed by atoms with Crippen molar-refractivity contribution < 1.29 is 19.1 Å². The van der Waals surface area contributed by atoms with Crippen LogP contribution in [0.3, 0.4) is 0 Å². The van der Waals surface area contributed by atoms with Crippen LogP contribution in [-0.2, 0) is 4.74 Å². The summed E-state index contributed by atoms with van der Waals surface area (Å²) in [6.07, 6.45) is 2.23. The van der Waals surface area contributed by atoms with E-state index in [1.165, 1.54) is 6.07 Å². The Kier molecular flexibility index (Phi) is 3.68. The van der Waals surface area contributed by atoms with E-state index >= 15 is 0 Å². The number of ether oxygens (including phenoxy) is 1. The summed E-state index contributed by atoms with van der Waals surface area (Å²) in [7, 11) is 0. The van der Waals surface area contributed by atoms with E-state index in [0.29, 0.717) is 12.0 Å². The van der Waals surface area contributed by atoms with Gasteiger partial charge in [0.2, 0.25) is 5.76 Å². The molecular formula is C12H17NO4. The third-order valence-electron chi connectivity index (χ3n) is 2.96. The predicted octanol–water partition coefficient (Wildman–Crippen LogP) is 1.98. The van der Waals surface area contributed by atoms with Crippen LogP contribution < -0.4 is 4.90 Å². The van der Waals surface area contributed by atoms with Crippen molar-refractivity contribution in [1.82, 2.24) is 0 Å². The second-order valence-corrected chi connectivity index (χ2v) is 4.08. The molecule has 1 aromatic heterocycles. The molecule has 0 spiro atoms. The molecule has 1 N–H and O–H groups in total. The molecule has 0 unspecified atom stereocenters. The number of anilines is 1. The number of rotatable bonds is 4. The van der Waals surface area contributed by atoms with Crippen molar-refractivity contribution in [2.45, 2.75) is 25.9 Å². The summed E-state index contributed by atoms with van der Waals surface area (Å²) < 4.78 is 10.8. The van der Waals surface area contributed by atoms with Gasteiger partial charge in [-0.05, 0) is 25.8 Å². The standard InChI is InChI=1S/C12H17NO4/c1-2-16-9-5-7-13(8-6-9)11-4-3-10(17-11)12(14)15/h3-4,9H,2,5-8H2,1H3,(H,14,15). The average Bonchev–Trinajstić information content (AvgIpc) is 2.80. The molecule has 0 saturated carbocycles. The van der Waals surface area contributed by atoms with Crippen molar-refractivity contribution in [2.24, 2.45) is 0 Å². The fraction of sp³-hybridized carbons (Fsp3) is 0.583. The molecule has 0 bridgehead atoms. The van der Waals surface area contributed by atoms with Gasteiger partial charge in [-0.3, -0.25) is 0 Å². The summed E-state index contributed by atoms with van der Waals surface area (Å²) in [4.78, 5) is 12.8. The maximum Gasteiger partial charge on any atom is 0.371 e. The Morgan fingerprint density at radius 2 is 2.24 bits per heavy atom. The Bertz CT molecular complexity index is 380. The van der Waals surface area contributed by atoms with Gasteiger partial charge >= 0.3 is 5.97 Å². The van der Waals surface area contributed by atoms with Crippen LogP contribution in [0.5, 0.6) is 0 Å². The predicted molar refractivity (Wildman–Crippen MR) is 62.5 cm³/mol. The maximum atomic E-state index is 10.7. The molecule has 1 aliphatic rings. The molecule has 0 radical (unpaired) electrons. The molecule has 0 aromatic carbocycles. The third kappa shape index (κ3) is 2.79. The highest BCUT2D eigenvalue weighted by atomic mass is 16.5. The number of carboxylic acids is 1. The summed E-state index contributed by atoms with van der Waals surface area (Å²) in [6.45, 7) is 4.43. The summed E-state index contributed by atoms with van der Waals surface area (Å²) in [6, 6.07) is 3.21. The highest BCUT2D eigenvalue weighted by Gasteiger charge is 2.22. The van der Waals surface area contributed by atoms with Crippen LogP contribution in [0.2, 0.25) is 0 Å². The van der Waals surface area contributed by atoms with Crippen molar-refractivity contribution in [1.29, 1.82) is 0 Å². The fourth-order valence-electron chi connectivity index (χ4n) is 2.09. The lowest BCUT2D eigenvalue weighted by atomic mass is 10.1. The lowest BCUT2D eigenvalue weighted by molar-refractivity contribution is 0.0452. The number of aromatic carboxylic acids is 1.